The third-order valence-electron chi connectivity index (χ3n) is 5.27. The Labute approximate surface area is 208 Å². The molecule has 0 unspecified atom stereocenters. The van der Waals surface area contributed by atoms with Gasteiger partial charge in [0, 0.05) is 10.9 Å². The second kappa shape index (κ2) is 9.81. The van der Waals surface area contributed by atoms with Crippen molar-refractivity contribution in [1.82, 2.24) is 14.5 Å². The second-order valence-electron chi connectivity index (χ2n) is 7.74. The number of fused-ring (bicyclic) bond motifs is 1. The fraction of sp³-hybridized carbons (Fsp3) is 0.0769. The van der Waals surface area contributed by atoms with Gasteiger partial charge in [0.1, 0.15) is 5.82 Å². The monoisotopic (exact) mass is 502 g/mol. The van der Waals surface area contributed by atoms with Crippen molar-refractivity contribution in [2.24, 2.45) is 0 Å². The van der Waals surface area contributed by atoms with Gasteiger partial charge in [-0.05, 0) is 31.2 Å². The van der Waals surface area contributed by atoms with Crippen molar-refractivity contribution in [1.29, 1.82) is 0 Å². The predicted octanol–water partition coefficient (Wildman–Crippen LogP) is 5.69. The van der Waals surface area contributed by atoms with E-state index < -0.39 is 11.4 Å². The molecule has 0 spiro atoms. The van der Waals surface area contributed by atoms with E-state index in [0.29, 0.717) is 16.0 Å². The Bertz CT molecular complexity index is 1600. The SMILES string of the molecule is Cc1ccc(-c2csc(NC(=O)CSc3nc4ccccc4c(=O)n3-c3ccccc3F)n2)cc1. The molecule has 5 aromatic rings. The molecular formula is C26H19FN4O2S2. The lowest BCUT2D eigenvalue weighted by atomic mass is 10.1. The zero-order valence-corrected chi connectivity index (χ0v) is 20.2. The summed E-state index contributed by atoms with van der Waals surface area (Å²) in [6.07, 6.45) is 0. The molecular weight excluding hydrogens is 483 g/mol. The fourth-order valence-electron chi connectivity index (χ4n) is 3.53. The van der Waals surface area contributed by atoms with Gasteiger partial charge >= 0.3 is 0 Å². The number of thiazole rings is 1. The van der Waals surface area contributed by atoms with Gasteiger partial charge < -0.3 is 5.32 Å². The molecule has 5 rings (SSSR count). The van der Waals surface area contributed by atoms with E-state index in [4.69, 9.17) is 0 Å². The highest BCUT2D eigenvalue weighted by Gasteiger charge is 2.17. The van der Waals surface area contributed by atoms with E-state index in [1.165, 1.54) is 28.0 Å². The lowest BCUT2D eigenvalue weighted by Gasteiger charge is -2.13. The first-order valence-corrected chi connectivity index (χ1v) is 12.6. The van der Waals surface area contributed by atoms with Crippen molar-refractivity contribution >= 4 is 45.0 Å². The zero-order chi connectivity index (χ0) is 24.4. The molecule has 2 heterocycles. The van der Waals surface area contributed by atoms with E-state index >= 15 is 0 Å². The number of hydrogen-bond acceptors (Lipinski definition) is 6. The van der Waals surface area contributed by atoms with Crippen LogP contribution in [0.15, 0.2) is 88.1 Å². The standard InChI is InChI=1S/C26H19FN4O2S2/c1-16-10-12-17(13-11-16)21-14-34-25(28-21)30-23(32)15-35-26-29-20-8-4-2-6-18(20)24(33)31(26)22-9-5-3-7-19(22)27/h2-14H,15H2,1H3,(H,28,30,32). The number of benzene rings is 3. The van der Waals surface area contributed by atoms with Crippen molar-refractivity contribution in [3.05, 3.63) is 99.9 Å². The number of carbonyl (C=O) groups excluding carboxylic acids is 1. The van der Waals surface area contributed by atoms with Gasteiger partial charge in [0.25, 0.3) is 5.56 Å². The number of amides is 1. The number of anilines is 1. The van der Waals surface area contributed by atoms with E-state index in [1.54, 1.807) is 36.4 Å². The first kappa shape index (κ1) is 22.9. The van der Waals surface area contributed by atoms with Crippen LogP contribution in [-0.4, -0.2) is 26.2 Å². The number of halogens is 1. The van der Waals surface area contributed by atoms with Gasteiger partial charge in [0.05, 0.1) is 28.0 Å². The molecule has 0 atom stereocenters. The average molecular weight is 503 g/mol. The van der Waals surface area contributed by atoms with E-state index in [2.05, 4.69) is 15.3 Å². The second-order valence-corrected chi connectivity index (χ2v) is 9.54. The summed E-state index contributed by atoms with van der Waals surface area (Å²) in [5.74, 6) is -0.884. The van der Waals surface area contributed by atoms with Crippen molar-refractivity contribution in [3.63, 3.8) is 0 Å². The number of nitrogens with zero attached hydrogens (tertiary/aromatic N) is 3. The van der Waals surface area contributed by atoms with Gasteiger partial charge in [-0.1, -0.05) is 65.9 Å². The Morgan fingerprint density at radius 1 is 1.03 bits per heavy atom. The summed E-state index contributed by atoms with van der Waals surface area (Å²) in [5, 5.41) is 5.75. The molecule has 2 aromatic heterocycles. The number of carbonyl (C=O) groups is 1. The summed E-state index contributed by atoms with van der Waals surface area (Å²) in [5.41, 5.74) is 3.08. The Balaban J connectivity index is 1.39. The third kappa shape index (κ3) is 4.87. The molecule has 0 aliphatic rings. The third-order valence-corrected chi connectivity index (χ3v) is 6.96. The lowest BCUT2D eigenvalue weighted by molar-refractivity contribution is -0.113. The van der Waals surface area contributed by atoms with Gasteiger partial charge in [0.2, 0.25) is 5.91 Å². The summed E-state index contributed by atoms with van der Waals surface area (Å²) in [4.78, 5) is 35.0. The van der Waals surface area contributed by atoms with E-state index in [0.717, 1.165) is 28.6 Å². The summed E-state index contributed by atoms with van der Waals surface area (Å²) < 4.78 is 15.8. The van der Waals surface area contributed by atoms with Crippen LogP contribution in [-0.2, 0) is 4.79 Å². The summed E-state index contributed by atoms with van der Waals surface area (Å²) in [6.45, 7) is 2.02. The summed E-state index contributed by atoms with van der Waals surface area (Å²) >= 11 is 2.39. The van der Waals surface area contributed by atoms with Gasteiger partial charge in [-0.2, -0.15) is 0 Å². The van der Waals surface area contributed by atoms with Crippen LogP contribution in [0.5, 0.6) is 0 Å². The average Bonchev–Trinajstić information content (AvgIpc) is 3.32. The van der Waals surface area contributed by atoms with Gasteiger partial charge in [-0.15, -0.1) is 11.3 Å². The molecule has 0 aliphatic carbocycles. The number of aromatic nitrogens is 3. The first-order valence-electron chi connectivity index (χ1n) is 10.7. The number of aryl methyl sites for hydroxylation is 1. The van der Waals surface area contributed by atoms with Crippen LogP contribution in [0.2, 0.25) is 0 Å². The minimum atomic E-state index is -0.551. The summed E-state index contributed by atoms with van der Waals surface area (Å²) in [7, 11) is 0. The molecule has 0 radical (unpaired) electrons. The molecule has 0 saturated carbocycles. The predicted molar refractivity (Wildman–Crippen MR) is 139 cm³/mol. The first-order chi connectivity index (χ1) is 17.0. The van der Waals surface area contributed by atoms with Crippen molar-refractivity contribution in [2.45, 2.75) is 12.1 Å². The molecule has 174 valence electrons. The molecule has 0 aliphatic heterocycles. The fourth-order valence-corrected chi connectivity index (χ4v) is 5.07. The number of hydrogen-bond donors (Lipinski definition) is 1. The van der Waals surface area contributed by atoms with Crippen LogP contribution in [0.1, 0.15) is 5.56 Å². The normalized spacial score (nSPS) is 11.0. The molecule has 1 N–H and O–H groups in total. The Morgan fingerprint density at radius 2 is 1.77 bits per heavy atom. The van der Waals surface area contributed by atoms with Crippen LogP contribution in [0.25, 0.3) is 27.8 Å². The van der Waals surface area contributed by atoms with Crippen molar-refractivity contribution < 1.29 is 9.18 Å². The van der Waals surface area contributed by atoms with Gasteiger partial charge in [-0.3, -0.25) is 14.2 Å². The highest BCUT2D eigenvalue weighted by molar-refractivity contribution is 7.99. The molecule has 6 nitrogen and oxygen atoms in total. The number of thioether (sulfide) groups is 1. The molecule has 0 saturated heterocycles. The minimum absolute atomic E-state index is 0.0291. The van der Waals surface area contributed by atoms with Crippen LogP contribution in [0.3, 0.4) is 0 Å². The van der Waals surface area contributed by atoms with E-state index in [9.17, 15) is 14.0 Å². The molecule has 3 aromatic carbocycles. The Kier molecular flexibility index (Phi) is 6.43. The Hall–Kier alpha value is -3.82. The zero-order valence-electron chi connectivity index (χ0n) is 18.6. The number of para-hydroxylation sites is 2. The summed E-state index contributed by atoms with van der Waals surface area (Å²) in [6, 6.07) is 20.9. The van der Waals surface area contributed by atoms with Crippen LogP contribution in [0.4, 0.5) is 9.52 Å². The number of nitrogens with one attached hydrogen (secondary N) is 1. The maximum absolute atomic E-state index is 14.6. The largest absolute Gasteiger partial charge is 0.301 e. The number of rotatable bonds is 6. The van der Waals surface area contributed by atoms with Crippen molar-refractivity contribution in [3.8, 4) is 16.9 Å². The molecule has 0 bridgehead atoms. The highest BCUT2D eigenvalue weighted by atomic mass is 32.2. The van der Waals surface area contributed by atoms with Crippen LogP contribution in [0, 0.1) is 12.7 Å². The van der Waals surface area contributed by atoms with E-state index in [1.807, 2.05) is 36.6 Å². The topological polar surface area (TPSA) is 76.9 Å². The Morgan fingerprint density at radius 3 is 2.57 bits per heavy atom. The van der Waals surface area contributed by atoms with Crippen molar-refractivity contribution in [2.75, 3.05) is 11.1 Å². The quantitative estimate of drug-likeness (QED) is 0.239. The maximum Gasteiger partial charge on any atom is 0.266 e. The molecule has 1 amide bonds. The smallest absolute Gasteiger partial charge is 0.266 e. The highest BCUT2D eigenvalue weighted by Crippen LogP contribution is 2.26. The maximum atomic E-state index is 14.6. The molecule has 9 heteroatoms. The van der Waals surface area contributed by atoms with Gasteiger partial charge in [0.15, 0.2) is 10.3 Å². The van der Waals surface area contributed by atoms with Crippen LogP contribution >= 0.6 is 23.1 Å². The molecule has 0 fully saturated rings. The van der Waals surface area contributed by atoms with E-state index in [-0.39, 0.29) is 22.5 Å². The minimum Gasteiger partial charge on any atom is -0.301 e. The molecule has 35 heavy (non-hydrogen) atoms. The lowest BCUT2D eigenvalue weighted by Crippen LogP contribution is -2.23. The van der Waals surface area contributed by atoms with Gasteiger partial charge in [-0.25, -0.2) is 14.4 Å². The van der Waals surface area contributed by atoms with Crippen LogP contribution < -0.4 is 10.9 Å².